The summed E-state index contributed by atoms with van der Waals surface area (Å²) in [5.41, 5.74) is 3.16. The van der Waals surface area contributed by atoms with E-state index in [0.717, 1.165) is 11.1 Å². The molecule has 0 saturated heterocycles. The summed E-state index contributed by atoms with van der Waals surface area (Å²) in [6.07, 6.45) is 0. The van der Waals surface area contributed by atoms with Gasteiger partial charge in [-0.3, -0.25) is 0 Å². The van der Waals surface area contributed by atoms with Gasteiger partial charge in [0.1, 0.15) is 28.5 Å². The van der Waals surface area contributed by atoms with Crippen molar-refractivity contribution in [1.29, 1.82) is 10.5 Å². The highest BCUT2D eigenvalue weighted by molar-refractivity contribution is 7.98. The molecule has 0 aliphatic heterocycles. The van der Waals surface area contributed by atoms with Gasteiger partial charge in [0, 0.05) is 17.9 Å². The smallest absolute Gasteiger partial charge is 0.146 e. The molecule has 0 aliphatic rings. The van der Waals surface area contributed by atoms with Crippen LogP contribution in [0.3, 0.4) is 0 Å². The minimum Gasteiger partial charge on any atom is -0.395 e. The third-order valence-corrected chi connectivity index (χ3v) is 5.12. The predicted molar refractivity (Wildman–Crippen MR) is 111 cm³/mol. The molecule has 2 N–H and O–H groups in total. The van der Waals surface area contributed by atoms with Crippen LogP contribution >= 0.6 is 11.8 Å². The first-order valence-electron chi connectivity index (χ1n) is 8.73. The number of hydrogen-bond acceptors (Lipinski definition) is 6. The van der Waals surface area contributed by atoms with Gasteiger partial charge < -0.3 is 10.4 Å². The molecular weight excluding hydrogens is 368 g/mol. The Morgan fingerprint density at radius 3 is 2.18 bits per heavy atom. The molecule has 0 radical (unpaired) electrons. The number of pyridine rings is 1. The monoisotopic (exact) mass is 386 g/mol. The van der Waals surface area contributed by atoms with E-state index in [4.69, 9.17) is 5.11 Å². The predicted octanol–water partition coefficient (Wildman–Crippen LogP) is 4.19. The first-order chi connectivity index (χ1) is 13.8. The molecule has 5 nitrogen and oxygen atoms in total. The summed E-state index contributed by atoms with van der Waals surface area (Å²) in [5, 5.41) is 32.4. The van der Waals surface area contributed by atoms with Crippen LogP contribution in [0.2, 0.25) is 0 Å². The van der Waals surface area contributed by atoms with Crippen LogP contribution in [0.4, 0.5) is 5.82 Å². The number of nitrogens with one attached hydrogen (secondary N) is 1. The van der Waals surface area contributed by atoms with Crippen molar-refractivity contribution in [2.45, 2.75) is 10.8 Å². The van der Waals surface area contributed by atoms with E-state index in [1.165, 1.54) is 11.8 Å². The maximum atomic E-state index is 9.87. The minimum atomic E-state index is -0.0836. The van der Waals surface area contributed by atoms with Gasteiger partial charge in [-0.1, -0.05) is 60.7 Å². The Labute approximate surface area is 168 Å². The Morgan fingerprint density at radius 1 is 0.929 bits per heavy atom. The summed E-state index contributed by atoms with van der Waals surface area (Å²) >= 11 is 1.45. The molecule has 6 heteroatoms. The van der Waals surface area contributed by atoms with Crippen molar-refractivity contribution in [2.24, 2.45) is 0 Å². The van der Waals surface area contributed by atoms with Crippen molar-refractivity contribution in [3.8, 4) is 23.3 Å². The van der Waals surface area contributed by atoms with Crippen molar-refractivity contribution >= 4 is 17.6 Å². The summed E-state index contributed by atoms with van der Waals surface area (Å²) in [6, 6.07) is 23.7. The van der Waals surface area contributed by atoms with Crippen LogP contribution in [-0.2, 0) is 5.75 Å². The van der Waals surface area contributed by atoms with Crippen LogP contribution in [0.25, 0.3) is 11.1 Å². The fourth-order valence-corrected chi connectivity index (χ4v) is 3.75. The third-order valence-electron chi connectivity index (χ3n) is 4.07. The fraction of sp³-hybridized carbons (Fsp3) is 0.136. The van der Waals surface area contributed by atoms with Crippen LogP contribution < -0.4 is 5.32 Å². The summed E-state index contributed by atoms with van der Waals surface area (Å²) in [6.45, 7) is 0.185. The number of thioether (sulfide) groups is 1. The number of aliphatic hydroxyl groups is 1. The summed E-state index contributed by atoms with van der Waals surface area (Å²) in [5.74, 6) is 1.03. The summed E-state index contributed by atoms with van der Waals surface area (Å²) < 4.78 is 0. The number of nitrogens with zero attached hydrogens (tertiary/aromatic N) is 3. The van der Waals surface area contributed by atoms with Gasteiger partial charge in [0.25, 0.3) is 0 Å². The SMILES string of the molecule is N#Cc1c(NCCO)nc(SCc2ccccc2)c(C#N)c1-c1ccccc1. The zero-order chi connectivity index (χ0) is 19.8. The molecule has 0 bridgehead atoms. The second-order valence-electron chi connectivity index (χ2n) is 5.90. The highest BCUT2D eigenvalue weighted by atomic mass is 32.2. The second-order valence-corrected chi connectivity index (χ2v) is 6.87. The van der Waals surface area contributed by atoms with E-state index in [2.05, 4.69) is 22.4 Å². The molecule has 2 aromatic carbocycles. The zero-order valence-electron chi connectivity index (χ0n) is 15.1. The topological polar surface area (TPSA) is 92.7 Å². The maximum Gasteiger partial charge on any atom is 0.146 e. The number of nitriles is 2. The molecule has 0 saturated carbocycles. The quantitative estimate of drug-likeness (QED) is 0.592. The Morgan fingerprint density at radius 2 is 1.57 bits per heavy atom. The van der Waals surface area contributed by atoms with Gasteiger partial charge >= 0.3 is 0 Å². The first kappa shape index (κ1) is 19.4. The van der Waals surface area contributed by atoms with E-state index in [1.807, 2.05) is 60.7 Å². The lowest BCUT2D eigenvalue weighted by Gasteiger charge is -2.15. The lowest BCUT2D eigenvalue weighted by atomic mass is 9.97. The third kappa shape index (κ3) is 4.32. The van der Waals surface area contributed by atoms with Crippen LogP contribution in [0.1, 0.15) is 16.7 Å². The van der Waals surface area contributed by atoms with Crippen LogP contribution in [-0.4, -0.2) is 23.2 Å². The van der Waals surface area contributed by atoms with E-state index >= 15 is 0 Å². The summed E-state index contributed by atoms with van der Waals surface area (Å²) in [4.78, 5) is 4.55. The fourth-order valence-electron chi connectivity index (χ4n) is 2.80. The van der Waals surface area contributed by atoms with E-state index in [9.17, 15) is 10.5 Å². The minimum absolute atomic E-state index is 0.0836. The maximum absolute atomic E-state index is 9.87. The van der Waals surface area contributed by atoms with Crippen LogP contribution in [0, 0.1) is 22.7 Å². The Hall–Kier alpha value is -3.32. The molecule has 138 valence electrons. The van der Waals surface area contributed by atoms with E-state index in [-0.39, 0.29) is 13.2 Å². The van der Waals surface area contributed by atoms with Crippen molar-refractivity contribution in [2.75, 3.05) is 18.5 Å². The molecule has 1 heterocycles. The first-order valence-corrected chi connectivity index (χ1v) is 9.72. The molecule has 28 heavy (non-hydrogen) atoms. The molecule has 3 rings (SSSR count). The molecule has 1 aromatic heterocycles. The van der Waals surface area contributed by atoms with E-state index < -0.39 is 0 Å². The average Bonchev–Trinajstić information content (AvgIpc) is 2.76. The highest BCUT2D eigenvalue weighted by Crippen LogP contribution is 2.37. The van der Waals surface area contributed by atoms with Gasteiger partial charge in [0.2, 0.25) is 0 Å². The van der Waals surface area contributed by atoms with E-state index in [1.54, 1.807) is 0 Å². The Kier molecular flexibility index (Phi) is 6.64. The lowest BCUT2D eigenvalue weighted by Crippen LogP contribution is -2.11. The molecule has 0 fully saturated rings. The van der Waals surface area contributed by atoms with Gasteiger partial charge in [0.15, 0.2) is 0 Å². The van der Waals surface area contributed by atoms with Crippen LogP contribution in [0.5, 0.6) is 0 Å². The summed E-state index contributed by atoms with van der Waals surface area (Å²) in [7, 11) is 0. The van der Waals surface area contributed by atoms with Crippen molar-refractivity contribution in [1.82, 2.24) is 4.98 Å². The van der Waals surface area contributed by atoms with Crippen molar-refractivity contribution in [3.05, 3.63) is 77.4 Å². The van der Waals surface area contributed by atoms with Crippen molar-refractivity contribution < 1.29 is 5.11 Å². The number of rotatable bonds is 7. The molecule has 0 amide bonds. The van der Waals surface area contributed by atoms with Gasteiger partial charge in [-0.05, 0) is 11.1 Å². The van der Waals surface area contributed by atoms with Crippen molar-refractivity contribution in [3.63, 3.8) is 0 Å². The standard InChI is InChI=1S/C22H18N4OS/c23-13-18-20(17-9-5-2-6-10-17)19(14-24)22(26-21(18)25-11-12-27)28-15-16-7-3-1-4-8-16/h1-10,27H,11-12,15H2,(H,25,26). The Balaban J connectivity index is 2.13. The van der Waals surface area contributed by atoms with Gasteiger partial charge in [-0.15, -0.1) is 11.8 Å². The number of hydrogen-bond donors (Lipinski definition) is 2. The average molecular weight is 386 g/mol. The molecule has 0 aliphatic carbocycles. The molecule has 0 spiro atoms. The number of aromatic nitrogens is 1. The lowest BCUT2D eigenvalue weighted by molar-refractivity contribution is 0.311. The normalized spacial score (nSPS) is 10.1. The Bertz CT molecular complexity index is 1020. The number of anilines is 1. The molecule has 0 unspecified atom stereocenters. The zero-order valence-corrected chi connectivity index (χ0v) is 15.9. The van der Waals surface area contributed by atoms with Gasteiger partial charge in [-0.2, -0.15) is 10.5 Å². The molecular formula is C22H18N4OS. The second kappa shape index (κ2) is 9.57. The van der Waals surface area contributed by atoms with Gasteiger partial charge in [-0.25, -0.2) is 4.98 Å². The molecule has 0 atom stereocenters. The number of benzene rings is 2. The number of aliphatic hydroxyl groups excluding tert-OH is 1. The van der Waals surface area contributed by atoms with Gasteiger partial charge in [0.05, 0.1) is 12.2 Å². The van der Waals surface area contributed by atoms with E-state index in [0.29, 0.717) is 33.3 Å². The molecule has 3 aromatic rings. The highest BCUT2D eigenvalue weighted by Gasteiger charge is 2.21. The largest absolute Gasteiger partial charge is 0.395 e. The van der Waals surface area contributed by atoms with Crippen LogP contribution in [0.15, 0.2) is 65.7 Å².